The molecule has 1 aromatic heterocycles. The molecule has 0 spiro atoms. The van der Waals surface area contributed by atoms with E-state index in [2.05, 4.69) is 10.3 Å². The van der Waals surface area contributed by atoms with E-state index in [-0.39, 0.29) is 5.78 Å². The van der Waals surface area contributed by atoms with E-state index in [0.717, 1.165) is 32.9 Å². The van der Waals surface area contributed by atoms with E-state index >= 15 is 0 Å². The van der Waals surface area contributed by atoms with Crippen LogP contribution in [0.4, 0.5) is 0 Å². The summed E-state index contributed by atoms with van der Waals surface area (Å²) < 4.78 is 1.79. The van der Waals surface area contributed by atoms with Crippen LogP contribution in [0.2, 0.25) is 0 Å². The molecule has 0 atom stereocenters. The molecular weight excluding hydrogens is 430 g/mol. The number of aromatic nitrogens is 3. The number of hydrogen-bond acceptors (Lipinski definition) is 3. The van der Waals surface area contributed by atoms with Crippen LogP contribution in [0.3, 0.4) is 0 Å². The molecule has 4 heteroatoms. The third-order valence-electron chi connectivity index (χ3n) is 6.17. The molecule has 0 saturated carbocycles. The van der Waals surface area contributed by atoms with E-state index in [0.29, 0.717) is 16.8 Å². The number of ketones is 1. The van der Waals surface area contributed by atoms with Gasteiger partial charge >= 0.3 is 0 Å². The van der Waals surface area contributed by atoms with Gasteiger partial charge in [0.15, 0.2) is 5.78 Å². The predicted octanol–water partition coefficient (Wildman–Crippen LogP) is 6.88. The lowest BCUT2D eigenvalue weighted by Crippen LogP contribution is -2.12. The van der Waals surface area contributed by atoms with Gasteiger partial charge in [-0.05, 0) is 28.5 Å². The van der Waals surface area contributed by atoms with Gasteiger partial charge in [-0.2, -0.15) is 0 Å². The van der Waals surface area contributed by atoms with Crippen molar-refractivity contribution in [1.29, 1.82) is 0 Å². The van der Waals surface area contributed by atoms with Crippen molar-refractivity contribution < 1.29 is 4.79 Å². The average molecular weight is 452 g/mol. The summed E-state index contributed by atoms with van der Waals surface area (Å²) in [6.45, 7) is 0. The second-order valence-corrected chi connectivity index (χ2v) is 8.30. The number of para-hydroxylation sites is 1. The molecule has 0 N–H and O–H groups in total. The standard InChI is InChI=1S/C31H21N3O/c35-31(26-19-11-17-22-12-7-8-18-25(22)26)29(23-13-3-1-4-14-23)30(24-15-5-2-6-16-24)34-28-21-10-9-20-27(28)32-33-34/h1-21H/b30-29-. The van der Waals surface area contributed by atoms with E-state index in [9.17, 15) is 4.79 Å². The Hall–Kier alpha value is -4.83. The van der Waals surface area contributed by atoms with Crippen LogP contribution >= 0.6 is 0 Å². The third-order valence-corrected chi connectivity index (χ3v) is 6.17. The highest BCUT2D eigenvalue weighted by molar-refractivity contribution is 6.37. The Morgan fingerprint density at radius 3 is 2.03 bits per heavy atom. The van der Waals surface area contributed by atoms with E-state index in [4.69, 9.17) is 0 Å². The van der Waals surface area contributed by atoms with Crippen molar-refractivity contribution in [2.24, 2.45) is 0 Å². The fourth-order valence-corrected chi connectivity index (χ4v) is 4.54. The van der Waals surface area contributed by atoms with Crippen LogP contribution in [0.25, 0.3) is 33.1 Å². The van der Waals surface area contributed by atoms with Gasteiger partial charge in [0.2, 0.25) is 0 Å². The molecule has 0 aliphatic carbocycles. The molecular formula is C31H21N3O. The molecule has 0 radical (unpaired) electrons. The number of benzene rings is 5. The highest BCUT2D eigenvalue weighted by Gasteiger charge is 2.25. The molecule has 4 nitrogen and oxygen atoms in total. The molecule has 35 heavy (non-hydrogen) atoms. The molecule has 0 amide bonds. The zero-order valence-corrected chi connectivity index (χ0v) is 18.9. The summed E-state index contributed by atoms with van der Waals surface area (Å²) in [5, 5.41) is 10.9. The Kier molecular flexibility index (Phi) is 5.24. The van der Waals surface area contributed by atoms with Crippen molar-refractivity contribution in [1.82, 2.24) is 15.0 Å². The van der Waals surface area contributed by atoms with Crippen molar-refractivity contribution in [3.8, 4) is 0 Å². The van der Waals surface area contributed by atoms with Crippen LogP contribution in [-0.4, -0.2) is 20.8 Å². The SMILES string of the molecule is O=C(/C(=C(/c1ccccc1)n1nnc2ccccc21)c1ccccc1)c1cccc2ccccc12. The van der Waals surface area contributed by atoms with Crippen molar-refractivity contribution in [3.63, 3.8) is 0 Å². The maximum atomic E-state index is 14.5. The lowest BCUT2D eigenvalue weighted by molar-refractivity contribution is 0.105. The van der Waals surface area contributed by atoms with Gasteiger partial charge < -0.3 is 0 Å². The average Bonchev–Trinajstić information content (AvgIpc) is 3.36. The molecule has 6 aromatic rings. The maximum Gasteiger partial charge on any atom is 0.196 e. The first-order valence-electron chi connectivity index (χ1n) is 11.5. The van der Waals surface area contributed by atoms with Gasteiger partial charge in [0, 0.05) is 11.1 Å². The maximum absolute atomic E-state index is 14.5. The van der Waals surface area contributed by atoms with Crippen molar-refractivity contribution in [2.45, 2.75) is 0 Å². The molecule has 166 valence electrons. The molecule has 1 heterocycles. The van der Waals surface area contributed by atoms with Gasteiger partial charge in [-0.3, -0.25) is 4.79 Å². The van der Waals surface area contributed by atoms with Crippen LogP contribution in [0.1, 0.15) is 21.5 Å². The van der Waals surface area contributed by atoms with E-state index in [1.165, 1.54) is 0 Å². The highest BCUT2D eigenvalue weighted by Crippen LogP contribution is 2.34. The Bertz CT molecular complexity index is 1690. The Morgan fingerprint density at radius 2 is 1.23 bits per heavy atom. The molecule has 0 unspecified atom stereocenters. The van der Waals surface area contributed by atoms with Crippen molar-refractivity contribution in [2.75, 3.05) is 0 Å². The van der Waals surface area contributed by atoms with Gasteiger partial charge in [0.1, 0.15) is 5.52 Å². The number of allylic oxidation sites excluding steroid dienone is 1. The summed E-state index contributed by atoms with van der Waals surface area (Å²) in [5.74, 6) is -0.0635. The van der Waals surface area contributed by atoms with Crippen molar-refractivity contribution in [3.05, 3.63) is 144 Å². The first-order valence-corrected chi connectivity index (χ1v) is 11.5. The predicted molar refractivity (Wildman–Crippen MR) is 141 cm³/mol. The summed E-state index contributed by atoms with van der Waals surface area (Å²) in [6, 6.07) is 41.4. The van der Waals surface area contributed by atoms with Crippen LogP contribution in [-0.2, 0) is 0 Å². The quantitative estimate of drug-likeness (QED) is 0.163. The van der Waals surface area contributed by atoms with Crippen LogP contribution in [0, 0.1) is 0 Å². The normalized spacial score (nSPS) is 12.0. The minimum Gasteiger partial charge on any atom is -0.288 e. The summed E-state index contributed by atoms with van der Waals surface area (Å²) in [4.78, 5) is 14.5. The summed E-state index contributed by atoms with van der Waals surface area (Å²) >= 11 is 0. The molecule has 0 bridgehead atoms. The Morgan fingerprint density at radius 1 is 0.600 bits per heavy atom. The Labute approximate surface area is 202 Å². The molecule has 0 saturated heterocycles. The zero-order valence-electron chi connectivity index (χ0n) is 18.9. The third kappa shape index (κ3) is 3.71. The summed E-state index contributed by atoms with van der Waals surface area (Å²) in [6.07, 6.45) is 0. The first kappa shape index (κ1) is 20.8. The van der Waals surface area contributed by atoms with E-state index < -0.39 is 0 Å². The molecule has 0 fully saturated rings. The lowest BCUT2D eigenvalue weighted by Gasteiger charge is -2.17. The summed E-state index contributed by atoms with van der Waals surface area (Å²) in [5.41, 5.74) is 5.24. The Balaban J connectivity index is 1.73. The minimum absolute atomic E-state index is 0.0635. The van der Waals surface area contributed by atoms with Gasteiger partial charge in [-0.15, -0.1) is 5.10 Å². The largest absolute Gasteiger partial charge is 0.288 e. The van der Waals surface area contributed by atoms with Crippen molar-refractivity contribution >= 4 is 38.9 Å². The second kappa shape index (κ2) is 8.84. The smallest absolute Gasteiger partial charge is 0.196 e. The van der Waals surface area contributed by atoms with Gasteiger partial charge in [-0.1, -0.05) is 120 Å². The van der Waals surface area contributed by atoms with Gasteiger partial charge in [0.05, 0.1) is 16.8 Å². The highest BCUT2D eigenvalue weighted by atomic mass is 16.1. The lowest BCUT2D eigenvalue weighted by atomic mass is 9.90. The zero-order chi connectivity index (χ0) is 23.6. The number of fused-ring (bicyclic) bond motifs is 2. The molecule has 0 aliphatic heterocycles. The minimum atomic E-state index is -0.0635. The van der Waals surface area contributed by atoms with Crippen LogP contribution in [0.15, 0.2) is 127 Å². The number of carbonyl (C=O) groups excluding carboxylic acids is 1. The first-order chi connectivity index (χ1) is 17.3. The number of Topliss-reactive ketones (excluding diaryl/α,β-unsaturated/α-hetero) is 1. The molecule has 5 aromatic carbocycles. The van der Waals surface area contributed by atoms with Gasteiger partial charge in [0.25, 0.3) is 0 Å². The van der Waals surface area contributed by atoms with E-state index in [1.54, 1.807) is 4.68 Å². The topological polar surface area (TPSA) is 47.8 Å². The monoisotopic (exact) mass is 451 g/mol. The number of hydrogen-bond donors (Lipinski definition) is 0. The van der Waals surface area contributed by atoms with E-state index in [1.807, 2.05) is 127 Å². The van der Waals surface area contributed by atoms with Gasteiger partial charge in [-0.25, -0.2) is 4.68 Å². The van der Waals surface area contributed by atoms with Crippen LogP contribution < -0.4 is 0 Å². The number of rotatable bonds is 5. The fraction of sp³-hybridized carbons (Fsp3) is 0. The number of nitrogens with zero attached hydrogens (tertiary/aromatic N) is 3. The van der Waals surface area contributed by atoms with Crippen LogP contribution in [0.5, 0.6) is 0 Å². The second-order valence-electron chi connectivity index (χ2n) is 8.30. The summed E-state index contributed by atoms with van der Waals surface area (Å²) in [7, 11) is 0. The number of carbonyl (C=O) groups is 1. The molecule has 0 aliphatic rings. The molecule has 6 rings (SSSR count). The fourth-order valence-electron chi connectivity index (χ4n) is 4.54.